The highest BCUT2D eigenvalue weighted by Gasteiger charge is 2.15. The van der Waals surface area contributed by atoms with Crippen LogP contribution >= 0.6 is 0 Å². The van der Waals surface area contributed by atoms with Crippen LogP contribution < -0.4 is 0 Å². The summed E-state index contributed by atoms with van der Waals surface area (Å²) in [6.45, 7) is 6.07. The molecule has 1 aromatic carbocycles. The van der Waals surface area contributed by atoms with Gasteiger partial charge in [-0.05, 0) is 38.0 Å². The molecule has 2 aromatic rings. The van der Waals surface area contributed by atoms with Crippen molar-refractivity contribution in [3.05, 3.63) is 46.6 Å². The van der Waals surface area contributed by atoms with Gasteiger partial charge in [-0.2, -0.15) is 0 Å². The summed E-state index contributed by atoms with van der Waals surface area (Å²) in [4.78, 5) is 11.1. The van der Waals surface area contributed by atoms with Crippen LogP contribution in [0.25, 0.3) is 11.3 Å². The number of hydrogen-bond acceptors (Lipinski definition) is 1. The van der Waals surface area contributed by atoms with Crippen LogP contribution in [0.4, 0.5) is 0 Å². The monoisotopic (exact) mass is 227 g/mol. The largest absolute Gasteiger partial charge is 0.347 e. The second-order valence-electron chi connectivity index (χ2n) is 4.52. The van der Waals surface area contributed by atoms with Crippen LogP contribution in [0.1, 0.15) is 27.2 Å². The Bertz CT molecular complexity index is 579. The smallest absolute Gasteiger partial charge is 0.152 e. The lowest BCUT2D eigenvalue weighted by Crippen LogP contribution is -1.95. The summed E-state index contributed by atoms with van der Waals surface area (Å²) in [6.07, 6.45) is 0.948. The van der Waals surface area contributed by atoms with E-state index in [1.165, 1.54) is 11.1 Å². The number of aldehydes is 1. The first kappa shape index (κ1) is 11.6. The average Bonchev–Trinajstić information content (AvgIpc) is 2.50. The van der Waals surface area contributed by atoms with Crippen molar-refractivity contribution < 1.29 is 4.79 Å². The summed E-state index contributed by atoms with van der Waals surface area (Å²) >= 11 is 0. The van der Waals surface area contributed by atoms with Gasteiger partial charge in [0, 0.05) is 18.3 Å². The Balaban J connectivity index is 2.72. The van der Waals surface area contributed by atoms with Crippen LogP contribution in [0.5, 0.6) is 0 Å². The van der Waals surface area contributed by atoms with Crippen molar-refractivity contribution in [1.29, 1.82) is 0 Å². The number of aromatic nitrogens is 1. The Morgan fingerprint density at radius 1 is 1.18 bits per heavy atom. The lowest BCUT2D eigenvalue weighted by molar-refractivity contribution is 0.112. The second-order valence-corrected chi connectivity index (χ2v) is 4.52. The van der Waals surface area contributed by atoms with Crippen molar-refractivity contribution in [3.8, 4) is 11.3 Å². The fourth-order valence-electron chi connectivity index (χ4n) is 2.38. The van der Waals surface area contributed by atoms with Crippen molar-refractivity contribution in [1.82, 2.24) is 4.57 Å². The molecule has 0 N–H and O–H groups in total. The lowest BCUT2D eigenvalue weighted by atomic mass is 10.0. The summed E-state index contributed by atoms with van der Waals surface area (Å²) in [5.74, 6) is 0. The van der Waals surface area contributed by atoms with E-state index in [1.54, 1.807) is 0 Å². The molecule has 2 heteroatoms. The quantitative estimate of drug-likeness (QED) is 0.720. The summed E-state index contributed by atoms with van der Waals surface area (Å²) in [5.41, 5.74) is 6.42. The molecule has 0 spiro atoms. The van der Waals surface area contributed by atoms with E-state index in [1.807, 2.05) is 27.0 Å². The molecule has 88 valence electrons. The predicted molar refractivity (Wildman–Crippen MR) is 70.4 cm³/mol. The maximum atomic E-state index is 11.1. The van der Waals surface area contributed by atoms with E-state index < -0.39 is 0 Å². The molecule has 0 atom stereocenters. The molecular formula is C15H17NO. The number of nitrogens with zero attached hydrogens (tertiary/aromatic N) is 1. The zero-order valence-electron chi connectivity index (χ0n) is 10.7. The first-order valence-corrected chi connectivity index (χ1v) is 5.74. The molecule has 0 fully saturated rings. The zero-order valence-corrected chi connectivity index (χ0v) is 10.7. The molecule has 2 rings (SSSR count). The van der Waals surface area contributed by atoms with Crippen molar-refractivity contribution in [2.45, 2.75) is 20.8 Å². The Kier molecular flexibility index (Phi) is 2.88. The normalized spacial score (nSPS) is 10.6. The third-order valence-corrected chi connectivity index (χ3v) is 3.40. The Morgan fingerprint density at radius 3 is 2.41 bits per heavy atom. The van der Waals surface area contributed by atoms with Gasteiger partial charge in [-0.15, -0.1) is 0 Å². The Hall–Kier alpha value is -1.83. The van der Waals surface area contributed by atoms with Gasteiger partial charge >= 0.3 is 0 Å². The van der Waals surface area contributed by atoms with Crippen LogP contribution in [0.15, 0.2) is 24.3 Å². The molecule has 17 heavy (non-hydrogen) atoms. The topological polar surface area (TPSA) is 22.0 Å². The number of aryl methyl sites for hydroxylation is 1. The van der Waals surface area contributed by atoms with Crippen molar-refractivity contribution in [2.75, 3.05) is 0 Å². The van der Waals surface area contributed by atoms with Gasteiger partial charge in [0.1, 0.15) is 0 Å². The zero-order chi connectivity index (χ0) is 12.6. The molecule has 0 aliphatic rings. The van der Waals surface area contributed by atoms with Crippen LogP contribution in [0.2, 0.25) is 0 Å². The molecule has 0 bridgehead atoms. The number of carbonyl (C=O) groups excluding carboxylic acids is 1. The summed E-state index contributed by atoms with van der Waals surface area (Å²) in [6, 6.07) is 8.36. The number of rotatable bonds is 2. The highest BCUT2D eigenvalue weighted by atomic mass is 16.1. The number of benzene rings is 1. The van der Waals surface area contributed by atoms with Crippen LogP contribution in [0, 0.1) is 20.8 Å². The fraction of sp³-hybridized carbons (Fsp3) is 0.267. The van der Waals surface area contributed by atoms with Crippen LogP contribution in [0.3, 0.4) is 0 Å². The lowest BCUT2D eigenvalue weighted by Gasteiger charge is -2.07. The first-order valence-electron chi connectivity index (χ1n) is 5.74. The number of carbonyl (C=O) groups is 1. The maximum absolute atomic E-state index is 11.1. The van der Waals surface area contributed by atoms with Gasteiger partial charge in [0.25, 0.3) is 0 Å². The van der Waals surface area contributed by atoms with Crippen LogP contribution in [-0.2, 0) is 7.05 Å². The standard InChI is InChI=1S/C15H17NO/c1-10-6-5-7-13(8-10)15-11(2)14(9-17)12(3)16(15)4/h5-9H,1-4H3. The van der Waals surface area contributed by atoms with E-state index in [4.69, 9.17) is 0 Å². The molecule has 0 saturated heterocycles. The van der Waals surface area contributed by atoms with E-state index in [0.717, 1.165) is 28.8 Å². The number of hydrogen-bond donors (Lipinski definition) is 0. The molecule has 0 aliphatic heterocycles. The third-order valence-electron chi connectivity index (χ3n) is 3.40. The van der Waals surface area contributed by atoms with Gasteiger partial charge in [-0.1, -0.05) is 23.8 Å². The van der Waals surface area contributed by atoms with E-state index in [2.05, 4.69) is 29.7 Å². The minimum atomic E-state index is 0.809. The van der Waals surface area contributed by atoms with Gasteiger partial charge in [0.2, 0.25) is 0 Å². The summed E-state index contributed by atoms with van der Waals surface area (Å²) in [5, 5.41) is 0. The summed E-state index contributed by atoms with van der Waals surface area (Å²) < 4.78 is 2.09. The fourth-order valence-corrected chi connectivity index (χ4v) is 2.38. The average molecular weight is 227 g/mol. The van der Waals surface area contributed by atoms with Crippen molar-refractivity contribution in [2.24, 2.45) is 7.05 Å². The van der Waals surface area contributed by atoms with Gasteiger partial charge in [0.05, 0.1) is 5.69 Å². The SMILES string of the molecule is Cc1cccc(-c2c(C)c(C=O)c(C)n2C)c1. The van der Waals surface area contributed by atoms with Gasteiger partial charge in [-0.3, -0.25) is 4.79 Å². The Labute approximate surface area is 102 Å². The molecule has 1 aromatic heterocycles. The molecule has 1 heterocycles. The van der Waals surface area contributed by atoms with Crippen LogP contribution in [-0.4, -0.2) is 10.9 Å². The van der Waals surface area contributed by atoms with Gasteiger partial charge < -0.3 is 4.57 Å². The van der Waals surface area contributed by atoms with E-state index in [-0.39, 0.29) is 0 Å². The molecule has 0 amide bonds. The minimum absolute atomic E-state index is 0.809. The first-order chi connectivity index (χ1) is 8.06. The molecule has 2 nitrogen and oxygen atoms in total. The molecule has 0 saturated carbocycles. The molecule has 0 radical (unpaired) electrons. The highest BCUT2D eigenvalue weighted by Crippen LogP contribution is 2.29. The highest BCUT2D eigenvalue weighted by molar-refractivity contribution is 5.84. The maximum Gasteiger partial charge on any atom is 0.152 e. The predicted octanol–water partition coefficient (Wildman–Crippen LogP) is 3.43. The van der Waals surface area contributed by atoms with Crippen molar-refractivity contribution in [3.63, 3.8) is 0 Å². The second kappa shape index (κ2) is 4.21. The van der Waals surface area contributed by atoms with Crippen molar-refractivity contribution >= 4 is 6.29 Å². The molecular weight excluding hydrogens is 210 g/mol. The third kappa shape index (κ3) is 1.80. The van der Waals surface area contributed by atoms with E-state index >= 15 is 0 Å². The molecule has 0 unspecified atom stereocenters. The Morgan fingerprint density at radius 2 is 1.88 bits per heavy atom. The van der Waals surface area contributed by atoms with Gasteiger partial charge in [-0.25, -0.2) is 0 Å². The molecule has 0 aliphatic carbocycles. The summed E-state index contributed by atoms with van der Waals surface area (Å²) in [7, 11) is 2.01. The van der Waals surface area contributed by atoms with E-state index in [9.17, 15) is 4.79 Å². The van der Waals surface area contributed by atoms with Gasteiger partial charge in [0.15, 0.2) is 6.29 Å². The minimum Gasteiger partial charge on any atom is -0.347 e. The van der Waals surface area contributed by atoms with E-state index in [0.29, 0.717) is 0 Å².